The zero-order valence-electron chi connectivity index (χ0n) is 16.0. The first-order valence-corrected chi connectivity index (χ1v) is 9.56. The van der Waals surface area contributed by atoms with Gasteiger partial charge in [-0.05, 0) is 20.8 Å². The summed E-state index contributed by atoms with van der Waals surface area (Å²) in [6, 6.07) is 0. The molecule has 0 bridgehead atoms. The number of esters is 2. The molecule has 2 aliphatic carbocycles. The van der Waals surface area contributed by atoms with Gasteiger partial charge in [0.05, 0.1) is 24.5 Å². The van der Waals surface area contributed by atoms with E-state index in [1.54, 1.807) is 26.8 Å². The van der Waals surface area contributed by atoms with Gasteiger partial charge >= 0.3 is 11.9 Å². The van der Waals surface area contributed by atoms with Crippen LogP contribution in [0.25, 0.3) is 0 Å². The molecule has 3 saturated heterocycles. The molecule has 9 atom stereocenters. The number of rotatable bonds is 2. The highest BCUT2D eigenvalue weighted by molar-refractivity contribution is 5.92. The van der Waals surface area contributed by atoms with Crippen LogP contribution in [-0.4, -0.2) is 70.0 Å². The number of fused-ring (bicyclic) bond motifs is 6. The van der Waals surface area contributed by atoms with Crippen molar-refractivity contribution in [2.75, 3.05) is 6.61 Å². The molecule has 2 saturated carbocycles. The van der Waals surface area contributed by atoms with Crippen LogP contribution in [0.5, 0.6) is 0 Å². The maximum Gasteiger partial charge on any atom is 0.334 e. The van der Waals surface area contributed by atoms with Crippen LogP contribution in [0.1, 0.15) is 27.2 Å². The molecule has 1 spiro atoms. The first-order valence-electron chi connectivity index (χ1n) is 9.56. The molecular weight excluding hydrogens is 368 g/mol. The van der Waals surface area contributed by atoms with Crippen molar-refractivity contribution in [3.05, 3.63) is 23.8 Å². The molecule has 3 aliphatic heterocycles. The minimum Gasteiger partial charge on any atom is -0.458 e. The number of aliphatic hydroxyl groups excluding tert-OH is 1. The Kier molecular flexibility index (Phi) is 3.43. The predicted octanol–water partition coefficient (Wildman–Crippen LogP) is 0.0142. The van der Waals surface area contributed by atoms with Crippen LogP contribution in [0.4, 0.5) is 0 Å². The molecule has 0 aromatic heterocycles. The van der Waals surface area contributed by atoms with Gasteiger partial charge < -0.3 is 29.2 Å². The van der Waals surface area contributed by atoms with Gasteiger partial charge in [0.25, 0.3) is 0 Å². The molecule has 28 heavy (non-hydrogen) atoms. The Bertz CT molecular complexity index is 828. The van der Waals surface area contributed by atoms with Crippen LogP contribution in [0.2, 0.25) is 0 Å². The molecule has 3 heterocycles. The molecule has 0 aromatic rings. The highest BCUT2D eigenvalue weighted by Gasteiger charge is 2.88. The number of carbonyl (C=O) groups excluding carboxylic acids is 2. The number of aliphatic hydroxyl groups is 2. The summed E-state index contributed by atoms with van der Waals surface area (Å²) in [5.74, 6) is -2.62. The van der Waals surface area contributed by atoms with E-state index in [0.29, 0.717) is 12.2 Å². The second-order valence-electron chi connectivity index (χ2n) is 8.79. The topological polar surface area (TPSA) is 118 Å². The third-order valence-corrected chi connectivity index (χ3v) is 7.48. The summed E-state index contributed by atoms with van der Waals surface area (Å²) in [6.45, 7) is 9.24. The summed E-state index contributed by atoms with van der Waals surface area (Å²) in [6.07, 6.45) is -1.48. The second kappa shape index (κ2) is 5.24. The Morgan fingerprint density at radius 1 is 1.39 bits per heavy atom. The van der Waals surface area contributed by atoms with Gasteiger partial charge in [0.2, 0.25) is 0 Å². The van der Waals surface area contributed by atoms with Crippen molar-refractivity contribution in [3.63, 3.8) is 0 Å². The quantitative estimate of drug-likeness (QED) is 0.383. The third kappa shape index (κ3) is 1.94. The van der Waals surface area contributed by atoms with Gasteiger partial charge in [0.15, 0.2) is 0 Å². The fraction of sp³-hybridized carbons (Fsp3) is 0.700. The lowest BCUT2D eigenvalue weighted by Crippen LogP contribution is -2.61. The predicted molar refractivity (Wildman–Crippen MR) is 92.8 cm³/mol. The molecule has 152 valence electrons. The summed E-state index contributed by atoms with van der Waals surface area (Å²) in [4.78, 5) is 24.8. The maximum atomic E-state index is 12.5. The van der Waals surface area contributed by atoms with Gasteiger partial charge in [-0.3, -0.25) is 0 Å². The van der Waals surface area contributed by atoms with E-state index in [9.17, 15) is 19.8 Å². The van der Waals surface area contributed by atoms with Crippen molar-refractivity contribution < 1.29 is 38.7 Å². The molecule has 0 radical (unpaired) electrons. The van der Waals surface area contributed by atoms with Gasteiger partial charge in [-0.25, -0.2) is 9.59 Å². The first-order chi connectivity index (χ1) is 13.1. The molecule has 5 aliphatic rings. The largest absolute Gasteiger partial charge is 0.458 e. The molecule has 8 nitrogen and oxygen atoms in total. The molecule has 0 aromatic carbocycles. The van der Waals surface area contributed by atoms with Gasteiger partial charge in [-0.15, -0.1) is 0 Å². The van der Waals surface area contributed by atoms with E-state index in [0.717, 1.165) is 0 Å². The van der Waals surface area contributed by atoms with Gasteiger partial charge in [0, 0.05) is 17.6 Å². The van der Waals surface area contributed by atoms with E-state index in [2.05, 4.69) is 6.58 Å². The number of epoxide rings is 2. The summed E-state index contributed by atoms with van der Waals surface area (Å²) in [5.41, 5.74) is -3.03. The standard InChI is InChI=1S/C20H24O8/c1-5-8(2)16(22)26-10-6-19(7-25-19)13-12(21)15-18(4,28-15)20(13,24)14-11(10)9(3)17(23)27-14/h5,10-15,21,24H,3,6-7H2,1-2,4H3/b8-5-/t10-,11?,12+,13?,14+,15-,18-,19-,20-/m1/s1. The van der Waals surface area contributed by atoms with E-state index in [4.69, 9.17) is 18.9 Å². The fourth-order valence-corrected chi connectivity index (χ4v) is 5.68. The highest BCUT2D eigenvalue weighted by atomic mass is 16.7. The minimum absolute atomic E-state index is 0.146. The number of hydrogen-bond donors (Lipinski definition) is 2. The van der Waals surface area contributed by atoms with E-state index < -0.39 is 65.0 Å². The van der Waals surface area contributed by atoms with Gasteiger partial charge in [-0.1, -0.05) is 12.7 Å². The smallest absolute Gasteiger partial charge is 0.334 e. The van der Waals surface area contributed by atoms with Crippen LogP contribution in [-0.2, 0) is 28.5 Å². The molecular formula is C20H24O8. The lowest BCUT2D eigenvalue weighted by molar-refractivity contribution is -0.196. The fourth-order valence-electron chi connectivity index (χ4n) is 5.68. The highest BCUT2D eigenvalue weighted by Crippen LogP contribution is 2.69. The molecule has 5 rings (SSSR count). The summed E-state index contributed by atoms with van der Waals surface area (Å²) >= 11 is 0. The Hall–Kier alpha value is -1.74. The first kappa shape index (κ1) is 18.3. The average Bonchev–Trinajstić information content (AvgIpc) is 3.53. The molecule has 5 fully saturated rings. The van der Waals surface area contributed by atoms with Crippen molar-refractivity contribution in [1.82, 2.24) is 0 Å². The Morgan fingerprint density at radius 2 is 2.07 bits per heavy atom. The van der Waals surface area contributed by atoms with Crippen LogP contribution < -0.4 is 0 Å². The Balaban J connectivity index is 1.61. The third-order valence-electron chi connectivity index (χ3n) is 7.48. The number of carbonyl (C=O) groups is 2. The van der Waals surface area contributed by atoms with Gasteiger partial charge in [0.1, 0.15) is 35.1 Å². The summed E-state index contributed by atoms with van der Waals surface area (Å²) in [7, 11) is 0. The normalized spacial score (nSPS) is 53.8. The van der Waals surface area contributed by atoms with E-state index >= 15 is 0 Å². The van der Waals surface area contributed by atoms with E-state index in [1.807, 2.05) is 0 Å². The van der Waals surface area contributed by atoms with Crippen molar-refractivity contribution >= 4 is 11.9 Å². The number of allylic oxidation sites excluding steroid dienone is 1. The summed E-state index contributed by atoms with van der Waals surface area (Å²) < 4.78 is 22.7. The summed E-state index contributed by atoms with van der Waals surface area (Å²) in [5, 5.41) is 22.8. The van der Waals surface area contributed by atoms with E-state index in [-0.39, 0.29) is 12.0 Å². The Labute approximate surface area is 162 Å². The van der Waals surface area contributed by atoms with Crippen molar-refractivity contribution in [1.29, 1.82) is 0 Å². The van der Waals surface area contributed by atoms with Crippen molar-refractivity contribution in [2.24, 2.45) is 11.8 Å². The Morgan fingerprint density at radius 3 is 2.68 bits per heavy atom. The van der Waals surface area contributed by atoms with E-state index in [1.165, 1.54) is 0 Å². The lowest BCUT2D eigenvalue weighted by atomic mass is 9.71. The van der Waals surface area contributed by atoms with Gasteiger partial charge in [-0.2, -0.15) is 0 Å². The molecule has 8 heteroatoms. The van der Waals surface area contributed by atoms with Crippen molar-refractivity contribution in [3.8, 4) is 0 Å². The number of ether oxygens (including phenoxy) is 4. The van der Waals surface area contributed by atoms with Crippen molar-refractivity contribution in [2.45, 2.75) is 68.4 Å². The van der Waals surface area contributed by atoms with Crippen LogP contribution >= 0.6 is 0 Å². The monoisotopic (exact) mass is 392 g/mol. The maximum absolute atomic E-state index is 12.5. The average molecular weight is 392 g/mol. The van der Waals surface area contributed by atoms with Crippen LogP contribution in [0.3, 0.4) is 0 Å². The zero-order chi connectivity index (χ0) is 20.2. The SMILES string of the molecule is C=C1C(=O)O[C@H]2C1[C@H](OC(=O)/C(C)=C\C)C[C@@]1(CO1)C1[C@H](O)[C@H]3O[C@@]3(C)[C@@]12O. The van der Waals surface area contributed by atoms with Crippen LogP contribution in [0.15, 0.2) is 23.8 Å². The van der Waals surface area contributed by atoms with Crippen LogP contribution in [0, 0.1) is 11.8 Å². The molecule has 0 amide bonds. The minimum atomic E-state index is -1.68. The lowest BCUT2D eigenvalue weighted by Gasteiger charge is -2.41. The molecule has 2 N–H and O–H groups in total. The number of hydrogen-bond acceptors (Lipinski definition) is 8. The molecule has 2 unspecified atom stereocenters. The zero-order valence-corrected chi connectivity index (χ0v) is 16.0. The second-order valence-corrected chi connectivity index (χ2v) is 8.79.